The number of carbonyl (C=O) groups is 2. The molecule has 0 spiro atoms. The number of amides is 2. The van der Waals surface area contributed by atoms with Crippen LogP contribution in [0.5, 0.6) is 0 Å². The van der Waals surface area contributed by atoms with Crippen molar-refractivity contribution in [3.05, 3.63) is 46.4 Å². The van der Waals surface area contributed by atoms with Gasteiger partial charge in [-0.2, -0.15) is 0 Å². The smallest absolute Gasteiger partial charge is 0.242 e. The summed E-state index contributed by atoms with van der Waals surface area (Å²) in [5, 5.41) is 1.98. The van der Waals surface area contributed by atoms with Crippen molar-refractivity contribution in [3.8, 4) is 0 Å². The molecule has 0 aromatic carbocycles. The molecule has 28 heavy (non-hydrogen) atoms. The zero-order chi connectivity index (χ0) is 20.7. The first-order chi connectivity index (χ1) is 13.3. The molecule has 5 nitrogen and oxygen atoms in total. The first-order valence-electron chi connectivity index (χ1n) is 10.0. The van der Waals surface area contributed by atoms with Crippen LogP contribution in [-0.2, 0) is 29.6 Å². The first-order valence-corrected chi connectivity index (χ1v) is 10.9. The lowest BCUT2D eigenvalue weighted by Gasteiger charge is -2.32. The summed E-state index contributed by atoms with van der Waals surface area (Å²) in [7, 11) is 1.99. The Morgan fingerprint density at radius 3 is 2.43 bits per heavy atom. The third-order valence-corrected chi connectivity index (χ3v) is 5.87. The summed E-state index contributed by atoms with van der Waals surface area (Å²) < 4.78 is 2.04. The molecule has 0 aliphatic carbocycles. The van der Waals surface area contributed by atoms with Crippen LogP contribution in [0.25, 0.3) is 0 Å². The third kappa shape index (κ3) is 6.23. The van der Waals surface area contributed by atoms with Gasteiger partial charge in [0.1, 0.15) is 6.54 Å². The Morgan fingerprint density at radius 1 is 1.14 bits per heavy atom. The molecular weight excluding hydrogens is 370 g/mol. The van der Waals surface area contributed by atoms with Gasteiger partial charge in [0, 0.05) is 36.4 Å². The Morgan fingerprint density at radius 2 is 1.89 bits per heavy atom. The van der Waals surface area contributed by atoms with Crippen LogP contribution in [0.4, 0.5) is 0 Å². The van der Waals surface area contributed by atoms with Crippen LogP contribution in [0.1, 0.15) is 44.7 Å². The minimum absolute atomic E-state index is 0.00901. The van der Waals surface area contributed by atoms with E-state index in [1.807, 2.05) is 59.3 Å². The summed E-state index contributed by atoms with van der Waals surface area (Å²) in [5.74, 6) is 0.395. The van der Waals surface area contributed by atoms with Crippen LogP contribution in [0.3, 0.4) is 0 Å². The summed E-state index contributed by atoms with van der Waals surface area (Å²) in [6, 6.07) is 7.99. The van der Waals surface area contributed by atoms with Gasteiger partial charge in [0.15, 0.2) is 0 Å². The molecule has 0 aliphatic heterocycles. The zero-order valence-electron chi connectivity index (χ0n) is 17.7. The van der Waals surface area contributed by atoms with E-state index in [9.17, 15) is 9.59 Å². The Hall–Kier alpha value is -2.08. The van der Waals surface area contributed by atoms with Gasteiger partial charge in [-0.05, 0) is 42.8 Å². The summed E-state index contributed by atoms with van der Waals surface area (Å²) in [6.07, 6.45) is 3.17. The molecule has 2 amide bonds. The minimum atomic E-state index is 0.00901. The van der Waals surface area contributed by atoms with Gasteiger partial charge in [0.05, 0.1) is 13.0 Å². The number of hydrogen-bond donors (Lipinski definition) is 0. The maximum Gasteiger partial charge on any atom is 0.242 e. The van der Waals surface area contributed by atoms with E-state index < -0.39 is 0 Å². The summed E-state index contributed by atoms with van der Waals surface area (Å²) in [4.78, 5) is 30.8. The van der Waals surface area contributed by atoms with Gasteiger partial charge in [-0.1, -0.05) is 26.8 Å². The first kappa shape index (κ1) is 22.2. The summed E-state index contributed by atoms with van der Waals surface area (Å²) in [6.45, 7) is 9.67. The zero-order valence-corrected chi connectivity index (χ0v) is 18.5. The second-order valence-electron chi connectivity index (χ2n) is 7.81. The van der Waals surface area contributed by atoms with Crippen LogP contribution in [0.2, 0.25) is 0 Å². The molecule has 154 valence electrons. The van der Waals surface area contributed by atoms with Crippen molar-refractivity contribution < 1.29 is 9.59 Å². The Labute approximate surface area is 172 Å². The van der Waals surface area contributed by atoms with Crippen molar-refractivity contribution in [1.82, 2.24) is 14.4 Å². The van der Waals surface area contributed by atoms with Crippen LogP contribution in [0, 0.1) is 5.92 Å². The molecule has 0 bridgehead atoms. The number of thiophene rings is 1. The minimum Gasteiger partial charge on any atom is -0.353 e. The Kier molecular flexibility index (Phi) is 8.30. The van der Waals surface area contributed by atoms with Crippen LogP contribution < -0.4 is 0 Å². The van der Waals surface area contributed by atoms with Crippen LogP contribution in [0.15, 0.2) is 35.8 Å². The lowest BCUT2D eigenvalue weighted by atomic mass is 10.1. The number of aromatic nitrogens is 1. The molecule has 6 heteroatoms. The van der Waals surface area contributed by atoms with Gasteiger partial charge in [-0.15, -0.1) is 11.3 Å². The molecule has 1 atom stereocenters. The molecule has 0 radical (unpaired) electrons. The highest BCUT2D eigenvalue weighted by molar-refractivity contribution is 7.10. The van der Waals surface area contributed by atoms with Crippen molar-refractivity contribution >= 4 is 23.2 Å². The van der Waals surface area contributed by atoms with E-state index >= 15 is 0 Å². The van der Waals surface area contributed by atoms with E-state index in [4.69, 9.17) is 0 Å². The van der Waals surface area contributed by atoms with Crippen molar-refractivity contribution in [2.24, 2.45) is 13.0 Å². The highest BCUT2D eigenvalue weighted by Crippen LogP contribution is 2.15. The molecular formula is C22H33N3O2S. The topological polar surface area (TPSA) is 45.6 Å². The number of nitrogens with zero attached hydrogens (tertiary/aromatic N) is 3. The predicted molar refractivity (Wildman–Crippen MR) is 115 cm³/mol. The lowest BCUT2D eigenvalue weighted by molar-refractivity contribution is -0.142. The van der Waals surface area contributed by atoms with Gasteiger partial charge in [0.2, 0.25) is 11.8 Å². The molecule has 1 unspecified atom stereocenters. The fraction of sp³-hybridized carbons (Fsp3) is 0.545. The van der Waals surface area contributed by atoms with Gasteiger partial charge in [0.25, 0.3) is 0 Å². The lowest BCUT2D eigenvalue weighted by Crippen LogP contribution is -2.47. The van der Waals surface area contributed by atoms with Crippen LogP contribution >= 0.6 is 11.3 Å². The molecule has 2 heterocycles. The largest absolute Gasteiger partial charge is 0.353 e. The summed E-state index contributed by atoms with van der Waals surface area (Å²) >= 11 is 1.58. The van der Waals surface area contributed by atoms with Crippen molar-refractivity contribution in [1.29, 1.82) is 0 Å². The molecule has 0 saturated heterocycles. The van der Waals surface area contributed by atoms with Crippen molar-refractivity contribution in [3.63, 3.8) is 0 Å². The van der Waals surface area contributed by atoms with Crippen molar-refractivity contribution in [2.75, 3.05) is 13.1 Å². The standard InChI is InChI=1S/C22H33N3O2S/c1-6-18(4)25(21(26)13-20-10-8-12-28-20)16-22(27)24(14-17(2)3)15-19-9-7-11-23(19)5/h7-12,17-18H,6,13-16H2,1-5H3. The predicted octanol–water partition coefficient (Wildman–Crippen LogP) is 3.94. The number of carbonyl (C=O) groups excluding carboxylic acids is 2. The van der Waals surface area contributed by atoms with E-state index in [0.717, 1.165) is 17.0 Å². The molecule has 2 rings (SSSR count). The van der Waals surface area contributed by atoms with Gasteiger partial charge < -0.3 is 14.4 Å². The maximum atomic E-state index is 13.2. The Bertz CT molecular complexity index is 752. The number of hydrogen-bond acceptors (Lipinski definition) is 3. The molecule has 0 fully saturated rings. The summed E-state index contributed by atoms with van der Waals surface area (Å²) in [5.41, 5.74) is 1.09. The number of aryl methyl sites for hydroxylation is 1. The molecule has 0 aliphatic rings. The van der Waals surface area contributed by atoms with Gasteiger partial charge >= 0.3 is 0 Å². The maximum absolute atomic E-state index is 13.2. The normalized spacial score (nSPS) is 12.2. The fourth-order valence-corrected chi connectivity index (χ4v) is 3.87. The molecule has 0 N–H and O–H groups in total. The quantitative estimate of drug-likeness (QED) is 0.603. The molecule has 2 aromatic rings. The average Bonchev–Trinajstić information content (AvgIpc) is 3.29. The van der Waals surface area contributed by atoms with E-state index in [0.29, 0.717) is 25.4 Å². The average molecular weight is 404 g/mol. The van der Waals surface area contributed by atoms with Crippen LogP contribution in [-0.4, -0.2) is 45.3 Å². The van der Waals surface area contributed by atoms with E-state index in [1.165, 1.54) is 0 Å². The second-order valence-corrected chi connectivity index (χ2v) is 8.85. The monoisotopic (exact) mass is 403 g/mol. The van der Waals surface area contributed by atoms with E-state index in [-0.39, 0.29) is 24.4 Å². The van der Waals surface area contributed by atoms with Gasteiger partial charge in [-0.3, -0.25) is 9.59 Å². The van der Waals surface area contributed by atoms with Crippen molar-refractivity contribution in [2.45, 2.75) is 53.1 Å². The third-order valence-electron chi connectivity index (χ3n) is 5.00. The number of rotatable bonds is 10. The molecule has 2 aromatic heterocycles. The second kappa shape index (κ2) is 10.5. The highest BCUT2D eigenvalue weighted by atomic mass is 32.1. The fourth-order valence-electron chi connectivity index (χ4n) is 3.17. The Balaban J connectivity index is 2.13. The van der Waals surface area contributed by atoms with E-state index in [2.05, 4.69) is 20.8 Å². The van der Waals surface area contributed by atoms with Gasteiger partial charge in [-0.25, -0.2) is 0 Å². The highest BCUT2D eigenvalue weighted by Gasteiger charge is 2.25. The molecule has 0 saturated carbocycles. The van der Waals surface area contributed by atoms with E-state index in [1.54, 1.807) is 16.2 Å². The SMILES string of the molecule is CCC(C)N(CC(=O)N(Cc1cccn1C)CC(C)C)C(=O)Cc1cccs1.